The van der Waals surface area contributed by atoms with Gasteiger partial charge in [-0.25, -0.2) is 4.79 Å². The number of hydrogen-bond acceptors (Lipinski definition) is 3. The van der Waals surface area contributed by atoms with Crippen LogP contribution in [-0.2, 0) is 12.0 Å². The Bertz CT molecular complexity index is 647. The second kappa shape index (κ2) is 7.71. The Kier molecular flexibility index (Phi) is 5.41. The van der Waals surface area contributed by atoms with Crippen molar-refractivity contribution in [2.75, 3.05) is 13.7 Å². The fourth-order valence-electron chi connectivity index (χ4n) is 3.46. The summed E-state index contributed by atoms with van der Waals surface area (Å²) in [4.78, 5) is 13.3. The third kappa shape index (κ3) is 3.90. The molecule has 1 aliphatic carbocycles. The van der Waals surface area contributed by atoms with Crippen LogP contribution in [0.4, 0.5) is 4.79 Å². The minimum Gasteiger partial charge on any atom is -0.497 e. The molecule has 0 atom stereocenters. The first-order chi connectivity index (χ1) is 11.7. The highest BCUT2D eigenvalue weighted by atomic mass is 32.1. The van der Waals surface area contributed by atoms with E-state index in [1.54, 1.807) is 18.4 Å². The van der Waals surface area contributed by atoms with Gasteiger partial charge < -0.3 is 15.4 Å². The van der Waals surface area contributed by atoms with E-state index in [-0.39, 0.29) is 11.4 Å². The van der Waals surface area contributed by atoms with Gasteiger partial charge in [0.25, 0.3) is 0 Å². The molecule has 1 saturated carbocycles. The van der Waals surface area contributed by atoms with Gasteiger partial charge in [-0.2, -0.15) is 0 Å². The zero-order valence-electron chi connectivity index (χ0n) is 14.0. The van der Waals surface area contributed by atoms with Crippen LogP contribution in [0.2, 0.25) is 0 Å². The number of thiophene rings is 1. The molecule has 2 N–H and O–H groups in total. The maximum Gasteiger partial charge on any atom is 0.315 e. The van der Waals surface area contributed by atoms with Crippen LogP contribution in [0.3, 0.4) is 0 Å². The quantitative estimate of drug-likeness (QED) is 0.830. The zero-order chi connectivity index (χ0) is 16.8. The Hall–Kier alpha value is -2.01. The van der Waals surface area contributed by atoms with E-state index in [0.717, 1.165) is 23.5 Å². The van der Waals surface area contributed by atoms with Crippen LogP contribution in [0.5, 0.6) is 5.75 Å². The largest absolute Gasteiger partial charge is 0.497 e. The Labute approximate surface area is 147 Å². The van der Waals surface area contributed by atoms with Crippen LogP contribution in [-0.4, -0.2) is 19.7 Å². The van der Waals surface area contributed by atoms with E-state index in [4.69, 9.17) is 4.74 Å². The highest BCUT2D eigenvalue weighted by Crippen LogP contribution is 2.41. The summed E-state index contributed by atoms with van der Waals surface area (Å²) in [6.07, 6.45) is 4.66. The summed E-state index contributed by atoms with van der Waals surface area (Å²) in [7, 11) is 1.68. The van der Waals surface area contributed by atoms with E-state index in [9.17, 15) is 4.79 Å². The number of methoxy groups -OCH3 is 1. The van der Waals surface area contributed by atoms with Crippen LogP contribution < -0.4 is 15.4 Å². The number of benzene rings is 1. The summed E-state index contributed by atoms with van der Waals surface area (Å²) in [6.45, 7) is 1.26. The van der Waals surface area contributed by atoms with Crippen LogP contribution in [0, 0.1) is 0 Å². The topological polar surface area (TPSA) is 50.4 Å². The molecule has 24 heavy (non-hydrogen) atoms. The predicted molar refractivity (Wildman–Crippen MR) is 97.7 cm³/mol. The summed E-state index contributed by atoms with van der Waals surface area (Å²) < 4.78 is 5.25. The Balaban J connectivity index is 1.59. The maximum absolute atomic E-state index is 12.1. The smallest absolute Gasteiger partial charge is 0.315 e. The average Bonchev–Trinajstić information content (AvgIpc) is 3.31. The van der Waals surface area contributed by atoms with E-state index >= 15 is 0 Å². The van der Waals surface area contributed by atoms with Crippen LogP contribution in [0.25, 0.3) is 0 Å². The minimum absolute atomic E-state index is 0.0482. The average molecular weight is 344 g/mol. The molecular weight excluding hydrogens is 320 g/mol. The molecule has 2 aromatic rings. The van der Waals surface area contributed by atoms with Crippen LogP contribution in [0.15, 0.2) is 41.8 Å². The molecule has 5 heteroatoms. The monoisotopic (exact) mass is 344 g/mol. The van der Waals surface area contributed by atoms with Crippen molar-refractivity contribution in [2.24, 2.45) is 0 Å². The molecule has 1 aromatic heterocycles. The molecule has 1 aromatic carbocycles. The van der Waals surface area contributed by atoms with Crippen molar-refractivity contribution < 1.29 is 9.53 Å². The summed E-state index contributed by atoms with van der Waals surface area (Å²) in [5.74, 6) is 0.869. The molecular formula is C19H24N2O2S. The normalized spacial score (nSPS) is 15.9. The Morgan fingerprint density at radius 1 is 1.17 bits per heavy atom. The fraction of sp³-hybridized carbons (Fsp3) is 0.421. The summed E-state index contributed by atoms with van der Waals surface area (Å²) in [6, 6.07) is 12.2. The lowest BCUT2D eigenvalue weighted by Gasteiger charge is -2.30. The standard InChI is InChI=1S/C19H24N2O2S/c1-23-16-8-6-15(7-9-16)19(10-2-3-11-19)14-21-18(22)20-13-17-5-4-12-24-17/h4-9,12H,2-3,10-11,13-14H2,1H3,(H2,20,21,22). The van der Waals surface area contributed by atoms with Gasteiger partial charge in [0.1, 0.15) is 5.75 Å². The van der Waals surface area contributed by atoms with Gasteiger partial charge in [-0.3, -0.25) is 0 Å². The third-order valence-corrected chi connectivity index (χ3v) is 5.73. The lowest BCUT2D eigenvalue weighted by atomic mass is 9.79. The molecule has 128 valence electrons. The number of nitrogens with one attached hydrogen (secondary N) is 2. The molecule has 1 heterocycles. The Morgan fingerprint density at radius 2 is 1.92 bits per heavy atom. The Morgan fingerprint density at radius 3 is 2.54 bits per heavy atom. The number of urea groups is 1. The number of ether oxygens (including phenoxy) is 1. The van der Waals surface area contributed by atoms with E-state index in [0.29, 0.717) is 13.1 Å². The molecule has 4 nitrogen and oxygen atoms in total. The number of carbonyl (C=O) groups is 1. The predicted octanol–water partition coefficient (Wildman–Crippen LogP) is 4.07. The second-order valence-corrected chi connectivity index (χ2v) is 7.36. The van der Waals surface area contributed by atoms with Gasteiger partial charge >= 0.3 is 6.03 Å². The molecule has 2 amide bonds. The van der Waals surface area contributed by atoms with Gasteiger partial charge in [-0.15, -0.1) is 11.3 Å². The van der Waals surface area contributed by atoms with Gasteiger partial charge in [0.05, 0.1) is 13.7 Å². The van der Waals surface area contributed by atoms with Gasteiger partial charge in [0, 0.05) is 16.8 Å². The lowest BCUT2D eigenvalue weighted by molar-refractivity contribution is 0.236. The van der Waals surface area contributed by atoms with Crippen molar-refractivity contribution in [3.05, 3.63) is 52.2 Å². The molecule has 3 rings (SSSR count). The van der Waals surface area contributed by atoms with Crippen molar-refractivity contribution in [3.63, 3.8) is 0 Å². The molecule has 1 fully saturated rings. The maximum atomic E-state index is 12.1. The molecule has 0 aliphatic heterocycles. The van der Waals surface area contributed by atoms with Crippen molar-refractivity contribution in [2.45, 2.75) is 37.6 Å². The zero-order valence-corrected chi connectivity index (χ0v) is 14.8. The second-order valence-electron chi connectivity index (χ2n) is 6.33. The lowest BCUT2D eigenvalue weighted by Crippen LogP contribution is -2.43. The molecule has 0 radical (unpaired) electrons. The molecule has 1 aliphatic rings. The minimum atomic E-state index is -0.0943. The van der Waals surface area contributed by atoms with Gasteiger partial charge in [-0.05, 0) is 42.0 Å². The number of rotatable bonds is 6. The molecule has 0 unspecified atom stereocenters. The molecule has 0 saturated heterocycles. The first-order valence-corrected chi connectivity index (χ1v) is 9.28. The number of carbonyl (C=O) groups excluding carboxylic acids is 1. The van der Waals surface area contributed by atoms with Crippen molar-refractivity contribution in [1.82, 2.24) is 10.6 Å². The molecule has 0 spiro atoms. The fourth-order valence-corrected chi connectivity index (χ4v) is 4.10. The van der Waals surface area contributed by atoms with E-state index < -0.39 is 0 Å². The van der Waals surface area contributed by atoms with Gasteiger partial charge in [-0.1, -0.05) is 31.0 Å². The third-order valence-electron chi connectivity index (χ3n) is 4.85. The van der Waals surface area contributed by atoms with Gasteiger partial charge in [0.15, 0.2) is 0 Å². The first kappa shape index (κ1) is 16.8. The number of hydrogen-bond donors (Lipinski definition) is 2. The molecule has 0 bridgehead atoms. The van der Waals surface area contributed by atoms with Gasteiger partial charge in [0.2, 0.25) is 0 Å². The summed E-state index contributed by atoms with van der Waals surface area (Å²) >= 11 is 1.65. The van der Waals surface area contributed by atoms with Crippen molar-refractivity contribution in [1.29, 1.82) is 0 Å². The van der Waals surface area contributed by atoms with E-state index in [1.165, 1.54) is 18.4 Å². The van der Waals surface area contributed by atoms with E-state index in [2.05, 4.69) is 22.8 Å². The van der Waals surface area contributed by atoms with E-state index in [1.807, 2.05) is 29.6 Å². The first-order valence-electron chi connectivity index (χ1n) is 8.40. The van der Waals surface area contributed by atoms with Crippen molar-refractivity contribution in [3.8, 4) is 5.75 Å². The summed E-state index contributed by atoms with van der Waals surface area (Å²) in [5, 5.41) is 8.03. The SMILES string of the molecule is COc1ccc(C2(CNC(=O)NCc3cccs3)CCCC2)cc1. The highest BCUT2D eigenvalue weighted by molar-refractivity contribution is 7.09. The van der Waals surface area contributed by atoms with Crippen LogP contribution >= 0.6 is 11.3 Å². The highest BCUT2D eigenvalue weighted by Gasteiger charge is 2.35. The van der Waals surface area contributed by atoms with Crippen LogP contribution in [0.1, 0.15) is 36.1 Å². The number of amides is 2. The summed E-state index contributed by atoms with van der Waals surface area (Å²) in [5.41, 5.74) is 1.34. The van der Waals surface area contributed by atoms with Crippen molar-refractivity contribution >= 4 is 17.4 Å².